The van der Waals surface area contributed by atoms with Crippen molar-refractivity contribution in [2.24, 2.45) is 0 Å². The Balaban J connectivity index is 2.53. The van der Waals surface area contributed by atoms with Gasteiger partial charge in [-0.05, 0) is 19.1 Å². The van der Waals surface area contributed by atoms with E-state index in [0.29, 0.717) is 17.1 Å². The van der Waals surface area contributed by atoms with E-state index in [4.69, 9.17) is 21.1 Å². The van der Waals surface area contributed by atoms with Crippen LogP contribution in [0.5, 0.6) is 11.5 Å². The third-order valence-electron chi connectivity index (χ3n) is 3.26. The molecule has 0 saturated carbocycles. The molecule has 0 aliphatic carbocycles. The largest absolute Gasteiger partial charge is 0.493 e. The fourth-order valence-corrected chi connectivity index (χ4v) is 2.49. The van der Waals surface area contributed by atoms with E-state index in [1.807, 2.05) is 6.92 Å². The minimum absolute atomic E-state index is 0.170. The average molecular weight is 311 g/mol. The van der Waals surface area contributed by atoms with Gasteiger partial charge in [0.15, 0.2) is 11.5 Å². The third kappa shape index (κ3) is 2.96. The van der Waals surface area contributed by atoms with Crippen molar-refractivity contribution in [2.45, 2.75) is 13.0 Å². The number of rotatable bonds is 4. The van der Waals surface area contributed by atoms with Gasteiger partial charge in [-0.3, -0.25) is 0 Å². The lowest BCUT2D eigenvalue weighted by Gasteiger charge is -2.18. The van der Waals surface area contributed by atoms with Gasteiger partial charge in [0.05, 0.1) is 19.2 Å². The van der Waals surface area contributed by atoms with Gasteiger partial charge in [0.25, 0.3) is 0 Å². The highest BCUT2D eigenvalue weighted by atomic mass is 35.5. The van der Waals surface area contributed by atoms with E-state index in [2.05, 4.69) is 0 Å². The second-order valence-corrected chi connectivity index (χ2v) is 5.01. The minimum Gasteiger partial charge on any atom is -0.493 e. The third-order valence-corrected chi connectivity index (χ3v) is 3.65. The van der Waals surface area contributed by atoms with Gasteiger partial charge >= 0.3 is 0 Å². The Morgan fingerprint density at radius 2 is 1.81 bits per heavy atom. The number of aliphatic hydroxyl groups excluding tert-OH is 1. The van der Waals surface area contributed by atoms with E-state index in [-0.39, 0.29) is 10.6 Å². The van der Waals surface area contributed by atoms with Gasteiger partial charge < -0.3 is 14.6 Å². The summed E-state index contributed by atoms with van der Waals surface area (Å²) >= 11 is 6.24. The first-order valence-corrected chi connectivity index (χ1v) is 6.71. The van der Waals surface area contributed by atoms with Gasteiger partial charge in [0.2, 0.25) is 0 Å². The molecule has 112 valence electrons. The fraction of sp³-hybridized carbons (Fsp3) is 0.250. The predicted molar refractivity (Wildman–Crippen MR) is 79.8 cm³/mol. The van der Waals surface area contributed by atoms with E-state index in [9.17, 15) is 9.50 Å². The molecule has 2 aromatic rings. The molecule has 0 amide bonds. The van der Waals surface area contributed by atoms with Crippen molar-refractivity contribution >= 4 is 11.6 Å². The molecule has 0 bridgehead atoms. The van der Waals surface area contributed by atoms with E-state index < -0.39 is 11.9 Å². The van der Waals surface area contributed by atoms with Crippen molar-refractivity contribution in [3.8, 4) is 11.5 Å². The molecule has 0 heterocycles. The van der Waals surface area contributed by atoms with Gasteiger partial charge in [-0.15, -0.1) is 0 Å². The predicted octanol–water partition coefficient (Wildman–Crippen LogP) is 3.89. The molecule has 0 radical (unpaired) electrons. The molecule has 1 atom stereocenters. The molecular formula is C16H16ClFO3. The Morgan fingerprint density at radius 1 is 1.10 bits per heavy atom. The van der Waals surface area contributed by atoms with E-state index in [0.717, 1.165) is 5.56 Å². The standard InChI is InChI=1S/C16H16ClFO3/c1-9-4-6-12(18)11(8-9)15(19)10-5-7-13(20-2)16(21-3)14(10)17/h4-8,15,19H,1-3H3. The summed E-state index contributed by atoms with van der Waals surface area (Å²) in [6.07, 6.45) is -1.18. The number of methoxy groups -OCH3 is 2. The van der Waals surface area contributed by atoms with Crippen LogP contribution in [0.15, 0.2) is 30.3 Å². The normalized spacial score (nSPS) is 12.1. The van der Waals surface area contributed by atoms with Crippen LogP contribution >= 0.6 is 11.6 Å². The Bertz CT molecular complexity index is 658. The maximum Gasteiger partial charge on any atom is 0.179 e. The first-order valence-electron chi connectivity index (χ1n) is 6.34. The van der Waals surface area contributed by atoms with E-state index in [1.165, 1.54) is 20.3 Å². The maximum absolute atomic E-state index is 13.9. The lowest BCUT2D eigenvalue weighted by atomic mass is 9.99. The van der Waals surface area contributed by atoms with Crippen LogP contribution in [0.4, 0.5) is 4.39 Å². The number of aryl methyl sites for hydroxylation is 1. The van der Waals surface area contributed by atoms with Crippen LogP contribution in [-0.2, 0) is 0 Å². The second-order valence-electron chi connectivity index (χ2n) is 4.63. The Labute approximate surface area is 127 Å². The molecule has 0 aliphatic rings. The molecule has 2 aromatic carbocycles. The van der Waals surface area contributed by atoms with Crippen LogP contribution in [-0.4, -0.2) is 19.3 Å². The minimum atomic E-state index is -1.18. The highest BCUT2D eigenvalue weighted by Gasteiger charge is 2.22. The van der Waals surface area contributed by atoms with Crippen LogP contribution < -0.4 is 9.47 Å². The summed E-state index contributed by atoms with van der Waals surface area (Å²) in [5.41, 5.74) is 1.38. The summed E-state index contributed by atoms with van der Waals surface area (Å²) in [5.74, 6) is 0.269. The number of hydrogen-bond donors (Lipinski definition) is 1. The Kier molecular flexibility index (Phi) is 4.70. The van der Waals surface area contributed by atoms with Gasteiger partial charge in [0, 0.05) is 11.1 Å². The highest BCUT2D eigenvalue weighted by Crippen LogP contribution is 2.41. The van der Waals surface area contributed by atoms with Crippen LogP contribution in [0.1, 0.15) is 22.8 Å². The van der Waals surface area contributed by atoms with Crippen LogP contribution in [0.2, 0.25) is 5.02 Å². The topological polar surface area (TPSA) is 38.7 Å². The SMILES string of the molecule is COc1ccc(C(O)c2cc(C)ccc2F)c(Cl)c1OC. The van der Waals surface area contributed by atoms with E-state index >= 15 is 0 Å². The Hall–Kier alpha value is -1.78. The maximum atomic E-state index is 13.9. The smallest absolute Gasteiger partial charge is 0.179 e. The lowest BCUT2D eigenvalue weighted by Crippen LogP contribution is -2.05. The fourth-order valence-electron chi connectivity index (χ4n) is 2.16. The summed E-state index contributed by atoms with van der Waals surface area (Å²) < 4.78 is 24.2. The summed E-state index contributed by atoms with van der Waals surface area (Å²) in [7, 11) is 2.94. The van der Waals surface area contributed by atoms with Gasteiger partial charge in [-0.1, -0.05) is 35.4 Å². The van der Waals surface area contributed by atoms with Crippen molar-refractivity contribution < 1.29 is 19.0 Å². The van der Waals surface area contributed by atoms with Crippen molar-refractivity contribution in [1.82, 2.24) is 0 Å². The number of hydrogen-bond acceptors (Lipinski definition) is 3. The number of aliphatic hydroxyl groups is 1. The quantitative estimate of drug-likeness (QED) is 0.931. The van der Waals surface area contributed by atoms with Gasteiger partial charge in [-0.25, -0.2) is 4.39 Å². The monoisotopic (exact) mass is 310 g/mol. The van der Waals surface area contributed by atoms with Crippen molar-refractivity contribution in [2.75, 3.05) is 14.2 Å². The molecule has 0 fully saturated rings. The molecule has 2 rings (SSSR count). The Morgan fingerprint density at radius 3 is 2.43 bits per heavy atom. The number of halogens is 2. The molecule has 0 spiro atoms. The zero-order valence-corrected chi connectivity index (χ0v) is 12.7. The lowest BCUT2D eigenvalue weighted by molar-refractivity contribution is 0.214. The summed E-state index contributed by atoms with van der Waals surface area (Å²) in [6, 6.07) is 7.77. The zero-order chi connectivity index (χ0) is 15.6. The first kappa shape index (κ1) is 15.6. The van der Waals surface area contributed by atoms with Crippen molar-refractivity contribution in [3.63, 3.8) is 0 Å². The van der Waals surface area contributed by atoms with Crippen molar-refractivity contribution in [1.29, 1.82) is 0 Å². The van der Waals surface area contributed by atoms with Gasteiger partial charge in [-0.2, -0.15) is 0 Å². The molecule has 0 aromatic heterocycles. The highest BCUT2D eigenvalue weighted by molar-refractivity contribution is 6.33. The molecule has 3 nitrogen and oxygen atoms in total. The second kappa shape index (κ2) is 6.33. The summed E-state index contributed by atoms with van der Waals surface area (Å²) in [5, 5.41) is 10.6. The molecule has 0 saturated heterocycles. The molecule has 5 heteroatoms. The first-order chi connectivity index (χ1) is 9.99. The molecule has 1 N–H and O–H groups in total. The van der Waals surface area contributed by atoms with Crippen LogP contribution in [0.25, 0.3) is 0 Å². The zero-order valence-electron chi connectivity index (χ0n) is 12.0. The summed E-state index contributed by atoms with van der Waals surface area (Å²) in [4.78, 5) is 0. The summed E-state index contributed by atoms with van der Waals surface area (Å²) in [6.45, 7) is 1.83. The molecule has 1 unspecified atom stereocenters. The molecule has 0 aliphatic heterocycles. The molecule has 21 heavy (non-hydrogen) atoms. The average Bonchev–Trinajstić information content (AvgIpc) is 2.48. The van der Waals surface area contributed by atoms with Crippen molar-refractivity contribution in [3.05, 3.63) is 57.9 Å². The number of benzene rings is 2. The molecular weight excluding hydrogens is 295 g/mol. The van der Waals surface area contributed by atoms with Crippen LogP contribution in [0.3, 0.4) is 0 Å². The van der Waals surface area contributed by atoms with Crippen LogP contribution in [0, 0.1) is 12.7 Å². The van der Waals surface area contributed by atoms with E-state index in [1.54, 1.807) is 24.3 Å². The van der Waals surface area contributed by atoms with Gasteiger partial charge in [0.1, 0.15) is 11.9 Å². The number of ether oxygens (including phenoxy) is 2.